The molecule has 0 radical (unpaired) electrons. The third-order valence-corrected chi connectivity index (χ3v) is 5.72. The third kappa shape index (κ3) is 3.62. The Hall–Kier alpha value is -3.17. The molecule has 0 bridgehead atoms. The van der Waals surface area contributed by atoms with Gasteiger partial charge in [-0.05, 0) is 29.8 Å². The van der Waals surface area contributed by atoms with Crippen LogP contribution in [0.25, 0.3) is 0 Å². The van der Waals surface area contributed by atoms with E-state index in [1.807, 2.05) is 36.4 Å². The predicted molar refractivity (Wildman–Crippen MR) is 108 cm³/mol. The Morgan fingerprint density at radius 2 is 1.97 bits per heavy atom. The molecule has 2 saturated heterocycles. The summed E-state index contributed by atoms with van der Waals surface area (Å²) in [5.74, 6) is 6.12. The minimum absolute atomic E-state index is 0.00905. The van der Waals surface area contributed by atoms with Gasteiger partial charge < -0.3 is 14.9 Å². The standard InChI is InChI=1S/C23H23N3O3/c1-2-21(28)25-13-19-23(20(15-27)26(19)22(29)14-25)18-9-7-16(8-10-18)5-6-17-4-3-11-24-12-17/h3-4,7-12,19-20,23,27H,2,13-15H2,1H3/t19-,20-,23-/m0/s1. The molecule has 148 valence electrons. The summed E-state index contributed by atoms with van der Waals surface area (Å²) in [6.07, 6.45) is 3.82. The van der Waals surface area contributed by atoms with Crippen molar-refractivity contribution >= 4 is 11.8 Å². The maximum absolute atomic E-state index is 12.5. The summed E-state index contributed by atoms with van der Waals surface area (Å²) in [4.78, 5) is 32.0. The molecule has 2 aliphatic rings. The maximum atomic E-state index is 12.5. The molecule has 3 heterocycles. The average Bonchev–Trinajstić information content (AvgIpc) is 2.74. The SMILES string of the molecule is CCC(=O)N1CC(=O)N2[C@@H](CO)[C@@H](c3ccc(C#Cc4cccnc4)cc3)[C@@H]2C1. The summed E-state index contributed by atoms with van der Waals surface area (Å²) < 4.78 is 0. The third-order valence-electron chi connectivity index (χ3n) is 5.72. The van der Waals surface area contributed by atoms with E-state index in [1.165, 1.54) is 0 Å². The van der Waals surface area contributed by atoms with Crippen LogP contribution in [0.5, 0.6) is 0 Å². The summed E-state index contributed by atoms with van der Waals surface area (Å²) in [6, 6.07) is 11.3. The molecule has 0 saturated carbocycles. The Kier molecular flexibility index (Phi) is 5.32. The van der Waals surface area contributed by atoms with Gasteiger partial charge in [-0.3, -0.25) is 14.6 Å². The normalized spacial score (nSPS) is 23.0. The maximum Gasteiger partial charge on any atom is 0.242 e. The lowest BCUT2D eigenvalue weighted by molar-refractivity contribution is -0.166. The van der Waals surface area contributed by atoms with Gasteiger partial charge >= 0.3 is 0 Å². The zero-order valence-electron chi connectivity index (χ0n) is 16.3. The summed E-state index contributed by atoms with van der Waals surface area (Å²) in [5.41, 5.74) is 2.79. The topological polar surface area (TPSA) is 73.7 Å². The van der Waals surface area contributed by atoms with Gasteiger partial charge in [0.2, 0.25) is 11.8 Å². The number of aliphatic hydroxyl groups excluding tert-OH is 1. The highest BCUT2D eigenvalue weighted by molar-refractivity contribution is 5.87. The molecular formula is C23H23N3O3. The van der Waals surface area contributed by atoms with Crippen molar-refractivity contribution < 1.29 is 14.7 Å². The Labute approximate surface area is 170 Å². The highest BCUT2D eigenvalue weighted by Crippen LogP contribution is 2.42. The fraction of sp³-hybridized carbons (Fsp3) is 0.348. The molecule has 29 heavy (non-hydrogen) atoms. The van der Waals surface area contributed by atoms with Crippen LogP contribution in [0.4, 0.5) is 0 Å². The van der Waals surface area contributed by atoms with E-state index in [2.05, 4.69) is 16.8 Å². The van der Waals surface area contributed by atoms with Crippen LogP contribution in [-0.2, 0) is 9.59 Å². The number of amides is 2. The molecule has 1 aromatic carbocycles. The number of rotatable bonds is 3. The number of piperazine rings is 1. The molecule has 0 spiro atoms. The number of benzene rings is 1. The molecule has 0 unspecified atom stereocenters. The van der Waals surface area contributed by atoms with Crippen molar-refractivity contribution in [2.45, 2.75) is 31.3 Å². The average molecular weight is 389 g/mol. The molecular weight excluding hydrogens is 366 g/mol. The van der Waals surface area contributed by atoms with Crippen LogP contribution >= 0.6 is 0 Å². The second-order valence-corrected chi connectivity index (χ2v) is 7.39. The lowest BCUT2D eigenvalue weighted by atomic mass is 9.73. The smallest absolute Gasteiger partial charge is 0.242 e. The van der Waals surface area contributed by atoms with Crippen LogP contribution < -0.4 is 0 Å². The molecule has 2 aliphatic heterocycles. The number of pyridine rings is 1. The van der Waals surface area contributed by atoms with Crippen molar-refractivity contribution in [2.75, 3.05) is 19.7 Å². The first-order valence-electron chi connectivity index (χ1n) is 9.84. The van der Waals surface area contributed by atoms with Gasteiger partial charge in [0.15, 0.2) is 0 Å². The molecule has 3 atom stereocenters. The van der Waals surface area contributed by atoms with E-state index in [1.54, 1.807) is 29.1 Å². The molecule has 1 aromatic heterocycles. The van der Waals surface area contributed by atoms with E-state index in [0.717, 1.165) is 16.7 Å². The van der Waals surface area contributed by atoms with E-state index >= 15 is 0 Å². The van der Waals surface area contributed by atoms with E-state index in [-0.39, 0.29) is 43.0 Å². The van der Waals surface area contributed by atoms with E-state index in [4.69, 9.17) is 0 Å². The van der Waals surface area contributed by atoms with Gasteiger partial charge in [-0.15, -0.1) is 0 Å². The second kappa shape index (κ2) is 8.06. The Morgan fingerprint density at radius 3 is 2.62 bits per heavy atom. The molecule has 2 amide bonds. The van der Waals surface area contributed by atoms with Gasteiger partial charge in [0.1, 0.15) is 0 Å². The zero-order valence-corrected chi connectivity index (χ0v) is 16.3. The van der Waals surface area contributed by atoms with Gasteiger partial charge in [0.25, 0.3) is 0 Å². The van der Waals surface area contributed by atoms with Crippen molar-refractivity contribution in [3.63, 3.8) is 0 Å². The van der Waals surface area contributed by atoms with E-state index in [9.17, 15) is 14.7 Å². The number of carbonyl (C=O) groups excluding carboxylic acids is 2. The highest BCUT2D eigenvalue weighted by atomic mass is 16.3. The Bertz CT molecular complexity index is 962. The van der Waals surface area contributed by atoms with Crippen LogP contribution in [0.2, 0.25) is 0 Å². The summed E-state index contributed by atoms with van der Waals surface area (Å²) in [7, 11) is 0. The number of nitrogens with zero attached hydrogens (tertiary/aromatic N) is 3. The van der Waals surface area contributed by atoms with Gasteiger partial charge in [0.05, 0.1) is 25.2 Å². The fourth-order valence-corrected chi connectivity index (χ4v) is 4.28. The Morgan fingerprint density at radius 1 is 1.21 bits per heavy atom. The molecule has 2 fully saturated rings. The molecule has 6 heteroatoms. The minimum atomic E-state index is -0.237. The van der Waals surface area contributed by atoms with Gasteiger partial charge in [-0.2, -0.15) is 0 Å². The first-order chi connectivity index (χ1) is 14.1. The van der Waals surface area contributed by atoms with Crippen LogP contribution in [0.1, 0.15) is 36.0 Å². The number of aromatic nitrogens is 1. The first-order valence-corrected chi connectivity index (χ1v) is 9.84. The van der Waals surface area contributed by atoms with Crippen molar-refractivity contribution in [2.24, 2.45) is 0 Å². The molecule has 0 aliphatic carbocycles. The number of aliphatic hydroxyl groups is 1. The van der Waals surface area contributed by atoms with E-state index in [0.29, 0.717) is 13.0 Å². The van der Waals surface area contributed by atoms with Gasteiger partial charge in [-0.1, -0.05) is 30.9 Å². The monoisotopic (exact) mass is 389 g/mol. The summed E-state index contributed by atoms with van der Waals surface area (Å²) in [5, 5.41) is 9.86. The van der Waals surface area contributed by atoms with Gasteiger partial charge in [-0.25, -0.2) is 0 Å². The largest absolute Gasteiger partial charge is 0.394 e. The van der Waals surface area contributed by atoms with Crippen molar-refractivity contribution in [1.82, 2.24) is 14.8 Å². The summed E-state index contributed by atoms with van der Waals surface area (Å²) >= 11 is 0. The number of hydrogen-bond acceptors (Lipinski definition) is 4. The van der Waals surface area contributed by atoms with Crippen LogP contribution in [0.15, 0.2) is 48.8 Å². The zero-order chi connectivity index (χ0) is 20.4. The Balaban J connectivity index is 1.53. The molecule has 4 rings (SSSR count). The van der Waals surface area contributed by atoms with Crippen LogP contribution in [0, 0.1) is 11.8 Å². The van der Waals surface area contributed by atoms with Crippen molar-refractivity contribution in [3.8, 4) is 11.8 Å². The molecule has 1 N–H and O–H groups in total. The second-order valence-electron chi connectivity index (χ2n) is 7.39. The minimum Gasteiger partial charge on any atom is -0.394 e. The lowest BCUT2D eigenvalue weighted by Crippen LogP contribution is -2.73. The lowest BCUT2D eigenvalue weighted by Gasteiger charge is -2.58. The van der Waals surface area contributed by atoms with E-state index < -0.39 is 0 Å². The number of hydrogen-bond donors (Lipinski definition) is 1. The van der Waals surface area contributed by atoms with Crippen LogP contribution in [-0.4, -0.2) is 63.5 Å². The van der Waals surface area contributed by atoms with Crippen LogP contribution in [0.3, 0.4) is 0 Å². The summed E-state index contributed by atoms with van der Waals surface area (Å²) in [6.45, 7) is 2.34. The quantitative estimate of drug-likeness (QED) is 0.805. The van der Waals surface area contributed by atoms with Crippen molar-refractivity contribution in [3.05, 3.63) is 65.5 Å². The molecule has 6 nitrogen and oxygen atoms in total. The predicted octanol–water partition coefficient (Wildman–Crippen LogP) is 1.39. The highest BCUT2D eigenvalue weighted by Gasteiger charge is 2.54. The van der Waals surface area contributed by atoms with Crippen molar-refractivity contribution in [1.29, 1.82) is 0 Å². The number of fused-ring (bicyclic) bond motifs is 1. The number of carbonyl (C=O) groups is 2. The fourth-order valence-electron chi connectivity index (χ4n) is 4.28. The first kappa shape index (κ1) is 19.2. The molecule has 2 aromatic rings. The van der Waals surface area contributed by atoms with Gasteiger partial charge in [0, 0.05) is 42.4 Å².